The number of rotatable bonds is 4. The molecule has 82 valence electrons. The number of nitrogens with one attached hydrogen (secondary N) is 1. The summed E-state index contributed by atoms with van der Waals surface area (Å²) in [6.07, 6.45) is 1.99. The highest BCUT2D eigenvalue weighted by Gasteiger charge is 2.28. The van der Waals surface area contributed by atoms with E-state index in [1.807, 2.05) is 20.9 Å². The van der Waals surface area contributed by atoms with Crippen molar-refractivity contribution in [2.75, 3.05) is 13.6 Å². The highest BCUT2D eigenvalue weighted by atomic mass is 16.2. The highest BCUT2D eigenvalue weighted by Crippen LogP contribution is 2.17. The van der Waals surface area contributed by atoms with Gasteiger partial charge in [0.2, 0.25) is 5.91 Å². The van der Waals surface area contributed by atoms with Crippen molar-refractivity contribution in [2.45, 2.75) is 44.8 Å². The molecule has 0 spiro atoms. The third kappa shape index (κ3) is 2.69. The van der Waals surface area contributed by atoms with Crippen LogP contribution >= 0.6 is 0 Å². The molecule has 4 heteroatoms. The predicted octanol–water partition coefficient (Wildman–Crippen LogP) is -0.0675. The number of likely N-dealkylation sites (N-methyl/N-ethyl adjacent to an activating group) is 1. The van der Waals surface area contributed by atoms with Gasteiger partial charge >= 0.3 is 0 Å². The van der Waals surface area contributed by atoms with E-state index in [0.717, 1.165) is 19.4 Å². The molecule has 4 nitrogen and oxygen atoms in total. The minimum Gasteiger partial charge on any atom is -0.345 e. The Morgan fingerprint density at radius 3 is 2.64 bits per heavy atom. The first-order valence-corrected chi connectivity index (χ1v) is 5.31. The maximum absolute atomic E-state index is 11.7. The van der Waals surface area contributed by atoms with Gasteiger partial charge in [-0.1, -0.05) is 0 Å². The van der Waals surface area contributed by atoms with Gasteiger partial charge in [0.1, 0.15) is 0 Å². The Labute approximate surface area is 85.8 Å². The summed E-state index contributed by atoms with van der Waals surface area (Å²) >= 11 is 0. The summed E-state index contributed by atoms with van der Waals surface area (Å²) in [5.74, 6) is 0.160. The normalized spacial score (nSPS) is 28.0. The van der Waals surface area contributed by atoms with Gasteiger partial charge in [-0.25, -0.2) is 0 Å². The number of carbonyl (C=O) groups is 1. The van der Waals surface area contributed by atoms with E-state index in [1.54, 1.807) is 4.90 Å². The lowest BCUT2D eigenvalue weighted by Crippen LogP contribution is -2.54. The molecule has 1 saturated carbocycles. The van der Waals surface area contributed by atoms with Gasteiger partial charge in [0.25, 0.3) is 0 Å². The molecule has 1 atom stereocenters. The van der Waals surface area contributed by atoms with Crippen LogP contribution in [0.3, 0.4) is 0 Å². The van der Waals surface area contributed by atoms with E-state index in [9.17, 15) is 4.79 Å². The average molecular weight is 199 g/mol. The van der Waals surface area contributed by atoms with Crippen LogP contribution in [0, 0.1) is 0 Å². The first-order chi connectivity index (χ1) is 6.54. The highest BCUT2D eigenvalue weighted by molar-refractivity contribution is 5.81. The van der Waals surface area contributed by atoms with Gasteiger partial charge in [-0.2, -0.15) is 0 Å². The maximum atomic E-state index is 11.7. The van der Waals surface area contributed by atoms with Gasteiger partial charge in [-0.15, -0.1) is 0 Å². The van der Waals surface area contributed by atoms with Crippen LogP contribution in [0.2, 0.25) is 0 Å². The molecule has 0 radical (unpaired) electrons. The van der Waals surface area contributed by atoms with Crippen molar-refractivity contribution in [3.8, 4) is 0 Å². The van der Waals surface area contributed by atoms with Crippen LogP contribution in [0.4, 0.5) is 0 Å². The molecule has 0 aliphatic heterocycles. The fraction of sp³-hybridized carbons (Fsp3) is 0.900. The van der Waals surface area contributed by atoms with Gasteiger partial charge in [-0.3, -0.25) is 4.79 Å². The molecule has 14 heavy (non-hydrogen) atoms. The van der Waals surface area contributed by atoms with Crippen LogP contribution in [-0.2, 0) is 4.79 Å². The molecular weight excluding hydrogens is 178 g/mol. The van der Waals surface area contributed by atoms with Gasteiger partial charge in [-0.05, 0) is 26.7 Å². The number of nitrogens with two attached hydrogens (primary N) is 1. The number of hydrogen-bond donors (Lipinski definition) is 2. The Kier molecular flexibility index (Phi) is 3.89. The zero-order valence-corrected chi connectivity index (χ0v) is 9.29. The summed E-state index contributed by atoms with van der Waals surface area (Å²) in [7, 11) is 1.83. The predicted molar refractivity (Wildman–Crippen MR) is 56.9 cm³/mol. The number of nitrogens with zero attached hydrogens (tertiary/aromatic N) is 1. The van der Waals surface area contributed by atoms with Crippen LogP contribution in [0.1, 0.15) is 26.7 Å². The van der Waals surface area contributed by atoms with Crippen molar-refractivity contribution >= 4 is 5.91 Å². The van der Waals surface area contributed by atoms with Crippen molar-refractivity contribution in [3.63, 3.8) is 0 Å². The van der Waals surface area contributed by atoms with Crippen molar-refractivity contribution in [2.24, 2.45) is 5.73 Å². The number of amides is 1. The van der Waals surface area contributed by atoms with Gasteiger partial charge in [0, 0.05) is 25.7 Å². The third-order valence-electron chi connectivity index (χ3n) is 2.88. The summed E-state index contributed by atoms with van der Waals surface area (Å²) in [4.78, 5) is 13.4. The molecule has 0 aromatic heterocycles. The Morgan fingerprint density at radius 2 is 2.21 bits per heavy atom. The fourth-order valence-corrected chi connectivity index (χ4v) is 1.71. The Bertz CT molecular complexity index is 202. The molecule has 0 saturated heterocycles. The Morgan fingerprint density at radius 1 is 1.64 bits per heavy atom. The molecule has 0 bridgehead atoms. The van der Waals surface area contributed by atoms with E-state index in [0.29, 0.717) is 12.1 Å². The van der Waals surface area contributed by atoms with Gasteiger partial charge in [0.15, 0.2) is 0 Å². The second-order valence-corrected chi connectivity index (χ2v) is 4.17. The molecule has 1 rings (SSSR count). The number of hydrogen-bond acceptors (Lipinski definition) is 3. The largest absolute Gasteiger partial charge is 0.345 e. The lowest BCUT2D eigenvalue weighted by molar-refractivity contribution is -0.131. The SMILES string of the molecule is CCN(C)C(=O)C(C)NC1CC(N)C1. The summed E-state index contributed by atoms with van der Waals surface area (Å²) in [6, 6.07) is 0.686. The van der Waals surface area contributed by atoms with E-state index in [4.69, 9.17) is 5.73 Å². The van der Waals surface area contributed by atoms with Crippen LogP contribution in [-0.4, -0.2) is 42.5 Å². The summed E-state index contributed by atoms with van der Waals surface area (Å²) < 4.78 is 0. The molecule has 1 aliphatic rings. The molecule has 0 aromatic rings. The minimum absolute atomic E-state index is 0.0857. The van der Waals surface area contributed by atoms with E-state index < -0.39 is 0 Å². The van der Waals surface area contributed by atoms with Crippen LogP contribution < -0.4 is 11.1 Å². The van der Waals surface area contributed by atoms with Crippen LogP contribution in [0.5, 0.6) is 0 Å². The van der Waals surface area contributed by atoms with Crippen molar-refractivity contribution in [1.29, 1.82) is 0 Å². The van der Waals surface area contributed by atoms with Crippen LogP contribution in [0.25, 0.3) is 0 Å². The number of carbonyl (C=O) groups excluding carboxylic acids is 1. The van der Waals surface area contributed by atoms with E-state index >= 15 is 0 Å². The van der Waals surface area contributed by atoms with Crippen molar-refractivity contribution in [3.05, 3.63) is 0 Å². The Hall–Kier alpha value is -0.610. The summed E-state index contributed by atoms with van der Waals surface area (Å²) in [6.45, 7) is 4.65. The Balaban J connectivity index is 2.27. The zero-order chi connectivity index (χ0) is 10.7. The van der Waals surface area contributed by atoms with E-state index in [-0.39, 0.29) is 11.9 Å². The smallest absolute Gasteiger partial charge is 0.239 e. The minimum atomic E-state index is -0.0857. The van der Waals surface area contributed by atoms with Crippen molar-refractivity contribution in [1.82, 2.24) is 10.2 Å². The molecule has 1 unspecified atom stereocenters. The molecule has 0 aromatic carbocycles. The zero-order valence-electron chi connectivity index (χ0n) is 9.29. The molecule has 1 fully saturated rings. The summed E-state index contributed by atoms with van der Waals surface area (Å²) in [5, 5.41) is 3.29. The average Bonchev–Trinajstić information content (AvgIpc) is 2.12. The molecular formula is C10H21N3O. The quantitative estimate of drug-likeness (QED) is 0.666. The van der Waals surface area contributed by atoms with Gasteiger partial charge in [0.05, 0.1) is 6.04 Å². The third-order valence-corrected chi connectivity index (χ3v) is 2.88. The lowest BCUT2D eigenvalue weighted by atomic mass is 9.87. The maximum Gasteiger partial charge on any atom is 0.239 e. The molecule has 1 aliphatic carbocycles. The molecule has 1 amide bonds. The monoisotopic (exact) mass is 199 g/mol. The van der Waals surface area contributed by atoms with Crippen LogP contribution in [0.15, 0.2) is 0 Å². The first-order valence-electron chi connectivity index (χ1n) is 5.31. The molecule has 3 N–H and O–H groups in total. The van der Waals surface area contributed by atoms with Crippen molar-refractivity contribution < 1.29 is 4.79 Å². The lowest BCUT2D eigenvalue weighted by Gasteiger charge is -2.35. The fourth-order valence-electron chi connectivity index (χ4n) is 1.71. The molecule has 0 heterocycles. The second-order valence-electron chi connectivity index (χ2n) is 4.17. The summed E-state index contributed by atoms with van der Waals surface area (Å²) in [5.41, 5.74) is 5.67. The topological polar surface area (TPSA) is 58.4 Å². The van der Waals surface area contributed by atoms with Gasteiger partial charge < -0.3 is 16.0 Å². The van der Waals surface area contributed by atoms with E-state index in [1.165, 1.54) is 0 Å². The first kappa shape index (κ1) is 11.5. The van der Waals surface area contributed by atoms with E-state index in [2.05, 4.69) is 5.32 Å². The second kappa shape index (κ2) is 4.75. The standard InChI is InChI=1S/C10H21N3O/c1-4-13(3)10(14)7(2)12-9-5-8(11)6-9/h7-9,12H,4-6,11H2,1-3H3.